The second-order valence-electron chi connectivity index (χ2n) is 4.39. The third kappa shape index (κ3) is 2.76. The van der Waals surface area contributed by atoms with E-state index in [1.54, 1.807) is 0 Å². The summed E-state index contributed by atoms with van der Waals surface area (Å²) in [5.74, 6) is 0. The average Bonchev–Trinajstić information content (AvgIpc) is 2.81. The van der Waals surface area contributed by atoms with Crippen molar-refractivity contribution in [1.82, 2.24) is 4.90 Å². The van der Waals surface area contributed by atoms with Gasteiger partial charge in [0.1, 0.15) is 0 Å². The highest BCUT2D eigenvalue weighted by atomic mass is 35.5. The van der Waals surface area contributed by atoms with E-state index < -0.39 is 0 Å². The largest absolute Gasteiger partial charge is 0.326 e. The molecule has 2 rings (SSSR count). The van der Waals surface area contributed by atoms with Crippen LogP contribution in [0.5, 0.6) is 0 Å². The van der Waals surface area contributed by atoms with Crippen molar-refractivity contribution in [3.8, 4) is 0 Å². The first-order valence-corrected chi connectivity index (χ1v) is 6.38. The van der Waals surface area contributed by atoms with E-state index in [4.69, 9.17) is 17.3 Å². The summed E-state index contributed by atoms with van der Waals surface area (Å²) < 4.78 is 0. The minimum atomic E-state index is 0.524. The van der Waals surface area contributed by atoms with Gasteiger partial charge >= 0.3 is 0 Å². The van der Waals surface area contributed by atoms with Crippen molar-refractivity contribution in [3.63, 3.8) is 0 Å². The molecule has 1 fully saturated rings. The number of nitrogens with zero attached hydrogens (tertiary/aromatic N) is 1. The lowest BCUT2D eigenvalue weighted by molar-refractivity contribution is 0.343. The summed E-state index contributed by atoms with van der Waals surface area (Å²) in [6.45, 7) is 4.13. The third-order valence-corrected chi connectivity index (χ3v) is 3.76. The van der Waals surface area contributed by atoms with Crippen molar-refractivity contribution in [2.24, 2.45) is 5.73 Å². The second-order valence-corrected chi connectivity index (χ2v) is 4.77. The molecule has 0 amide bonds. The smallest absolute Gasteiger partial charge is 0.0483 e. The molecule has 0 bridgehead atoms. The number of nitrogens with two attached hydrogens (primary N) is 1. The molecule has 0 unspecified atom stereocenters. The molecule has 1 saturated heterocycles. The van der Waals surface area contributed by atoms with Crippen molar-refractivity contribution < 1.29 is 0 Å². The molecular formula is C13H19ClN2. The Morgan fingerprint density at radius 1 is 1.19 bits per heavy atom. The molecule has 0 spiro atoms. The number of hydrogen-bond donors (Lipinski definition) is 1. The second kappa shape index (κ2) is 5.67. The minimum Gasteiger partial charge on any atom is -0.326 e. The molecule has 3 heteroatoms. The summed E-state index contributed by atoms with van der Waals surface area (Å²) >= 11 is 6.30. The van der Waals surface area contributed by atoms with Gasteiger partial charge in [0.15, 0.2) is 0 Å². The van der Waals surface area contributed by atoms with Gasteiger partial charge in [0, 0.05) is 18.1 Å². The lowest BCUT2D eigenvalue weighted by Gasteiger charge is -2.15. The highest BCUT2D eigenvalue weighted by Gasteiger charge is 2.12. The summed E-state index contributed by atoms with van der Waals surface area (Å²) in [7, 11) is 0. The highest BCUT2D eigenvalue weighted by molar-refractivity contribution is 6.32. The molecule has 0 atom stereocenters. The standard InChI is InChI=1S/C13H19ClN2/c14-13-11(4-3-5-12(13)10-15)6-9-16-7-1-2-8-16/h3-5H,1-2,6-10,15H2. The normalized spacial score (nSPS) is 16.9. The van der Waals surface area contributed by atoms with Gasteiger partial charge in [-0.05, 0) is 43.5 Å². The molecular weight excluding hydrogens is 220 g/mol. The zero-order valence-corrected chi connectivity index (χ0v) is 10.3. The van der Waals surface area contributed by atoms with E-state index in [2.05, 4.69) is 11.0 Å². The fraction of sp³-hybridized carbons (Fsp3) is 0.538. The quantitative estimate of drug-likeness (QED) is 0.873. The van der Waals surface area contributed by atoms with Gasteiger partial charge in [0.05, 0.1) is 0 Å². The Bertz CT molecular complexity index is 346. The van der Waals surface area contributed by atoms with Crippen LogP contribution in [-0.2, 0) is 13.0 Å². The molecule has 88 valence electrons. The summed E-state index contributed by atoms with van der Waals surface area (Å²) in [6, 6.07) is 6.16. The molecule has 0 aromatic heterocycles. The topological polar surface area (TPSA) is 29.3 Å². The van der Waals surface area contributed by atoms with E-state index in [0.29, 0.717) is 6.54 Å². The molecule has 1 aromatic carbocycles. The number of hydrogen-bond acceptors (Lipinski definition) is 2. The number of benzene rings is 1. The van der Waals surface area contributed by atoms with E-state index in [1.165, 1.54) is 31.5 Å². The zero-order valence-electron chi connectivity index (χ0n) is 9.58. The fourth-order valence-electron chi connectivity index (χ4n) is 2.27. The van der Waals surface area contributed by atoms with E-state index in [9.17, 15) is 0 Å². The van der Waals surface area contributed by atoms with Crippen molar-refractivity contribution >= 4 is 11.6 Å². The molecule has 2 N–H and O–H groups in total. The molecule has 0 radical (unpaired) electrons. The van der Waals surface area contributed by atoms with Gasteiger partial charge in [-0.1, -0.05) is 29.8 Å². The maximum Gasteiger partial charge on any atom is 0.0483 e. The summed E-state index contributed by atoms with van der Waals surface area (Å²) in [6.07, 6.45) is 3.72. The lowest BCUT2D eigenvalue weighted by atomic mass is 10.1. The Balaban J connectivity index is 1.97. The molecule has 16 heavy (non-hydrogen) atoms. The molecule has 1 heterocycles. The molecule has 1 aliphatic heterocycles. The van der Waals surface area contributed by atoms with Crippen LogP contribution in [0.4, 0.5) is 0 Å². The van der Waals surface area contributed by atoms with Crippen molar-refractivity contribution in [3.05, 3.63) is 34.3 Å². The zero-order chi connectivity index (χ0) is 11.4. The molecule has 2 nitrogen and oxygen atoms in total. The van der Waals surface area contributed by atoms with Crippen LogP contribution in [0, 0.1) is 0 Å². The summed E-state index contributed by atoms with van der Waals surface area (Å²) in [4.78, 5) is 2.51. The van der Waals surface area contributed by atoms with Crippen LogP contribution in [-0.4, -0.2) is 24.5 Å². The third-order valence-electron chi connectivity index (χ3n) is 3.27. The number of halogens is 1. The highest BCUT2D eigenvalue weighted by Crippen LogP contribution is 2.22. The van der Waals surface area contributed by atoms with Gasteiger partial charge in [0.25, 0.3) is 0 Å². The Morgan fingerprint density at radius 3 is 2.56 bits per heavy atom. The number of rotatable bonds is 4. The van der Waals surface area contributed by atoms with Gasteiger partial charge in [-0.3, -0.25) is 0 Å². The predicted octanol–water partition coefficient (Wildman–Crippen LogP) is 2.44. The van der Waals surface area contributed by atoms with E-state index in [-0.39, 0.29) is 0 Å². The van der Waals surface area contributed by atoms with Gasteiger partial charge in [-0.15, -0.1) is 0 Å². The Morgan fingerprint density at radius 2 is 1.88 bits per heavy atom. The van der Waals surface area contributed by atoms with Gasteiger partial charge in [-0.2, -0.15) is 0 Å². The SMILES string of the molecule is NCc1cccc(CCN2CCCC2)c1Cl. The van der Waals surface area contributed by atoms with Crippen LogP contribution < -0.4 is 5.73 Å². The van der Waals surface area contributed by atoms with Crippen LogP contribution in [0.2, 0.25) is 5.02 Å². The Kier molecular flexibility index (Phi) is 4.22. The van der Waals surface area contributed by atoms with Crippen molar-refractivity contribution in [1.29, 1.82) is 0 Å². The average molecular weight is 239 g/mol. The van der Waals surface area contributed by atoms with Crippen LogP contribution in [0.15, 0.2) is 18.2 Å². The van der Waals surface area contributed by atoms with Gasteiger partial charge in [0.2, 0.25) is 0 Å². The molecule has 0 aliphatic carbocycles. The molecule has 0 saturated carbocycles. The van der Waals surface area contributed by atoms with Crippen LogP contribution in [0.1, 0.15) is 24.0 Å². The van der Waals surface area contributed by atoms with Crippen molar-refractivity contribution in [2.45, 2.75) is 25.8 Å². The van der Waals surface area contributed by atoms with Crippen LogP contribution in [0.3, 0.4) is 0 Å². The lowest BCUT2D eigenvalue weighted by Crippen LogP contribution is -2.22. The predicted molar refractivity (Wildman–Crippen MR) is 68.7 cm³/mol. The Labute approximate surface area is 102 Å². The first-order valence-electron chi connectivity index (χ1n) is 6.00. The fourth-order valence-corrected chi connectivity index (χ4v) is 2.57. The monoisotopic (exact) mass is 238 g/mol. The van der Waals surface area contributed by atoms with Gasteiger partial charge < -0.3 is 10.6 Å². The molecule has 1 aliphatic rings. The van der Waals surface area contributed by atoms with Crippen LogP contribution in [0.25, 0.3) is 0 Å². The summed E-state index contributed by atoms with van der Waals surface area (Å²) in [5.41, 5.74) is 7.93. The van der Waals surface area contributed by atoms with E-state index in [1.807, 2.05) is 12.1 Å². The first kappa shape index (κ1) is 11.9. The van der Waals surface area contributed by atoms with Crippen molar-refractivity contribution in [2.75, 3.05) is 19.6 Å². The Hall–Kier alpha value is -0.570. The maximum absolute atomic E-state index is 6.30. The van der Waals surface area contributed by atoms with Crippen LogP contribution >= 0.6 is 11.6 Å². The first-order chi connectivity index (χ1) is 7.81. The van der Waals surface area contributed by atoms with Gasteiger partial charge in [-0.25, -0.2) is 0 Å². The van der Waals surface area contributed by atoms with E-state index >= 15 is 0 Å². The minimum absolute atomic E-state index is 0.524. The number of likely N-dealkylation sites (tertiary alicyclic amines) is 1. The van der Waals surface area contributed by atoms with E-state index in [0.717, 1.165) is 23.6 Å². The summed E-state index contributed by atoms with van der Waals surface area (Å²) in [5, 5.41) is 0.865. The maximum atomic E-state index is 6.30. The molecule has 1 aromatic rings.